The Morgan fingerprint density at radius 2 is 2.22 bits per heavy atom. The second-order valence-corrected chi connectivity index (χ2v) is 4.92. The van der Waals surface area contributed by atoms with E-state index in [2.05, 4.69) is 6.58 Å². The molecule has 1 aliphatic heterocycles. The molecule has 1 rings (SSSR count). The SMILES string of the molecule is C=C(C)CC(C)C(=O)N1CCOCC1CC(=O)O. The van der Waals surface area contributed by atoms with E-state index >= 15 is 0 Å². The second kappa shape index (κ2) is 6.54. The molecule has 1 heterocycles. The van der Waals surface area contributed by atoms with Crippen molar-refractivity contribution in [3.63, 3.8) is 0 Å². The molecule has 2 unspecified atom stereocenters. The van der Waals surface area contributed by atoms with Crippen LogP contribution in [0.1, 0.15) is 26.7 Å². The van der Waals surface area contributed by atoms with Crippen LogP contribution < -0.4 is 0 Å². The standard InChI is InChI=1S/C13H21NO4/c1-9(2)6-10(3)13(17)14-4-5-18-8-11(14)7-12(15)16/h10-11H,1,4-8H2,2-3H3,(H,15,16). The van der Waals surface area contributed by atoms with Crippen molar-refractivity contribution in [3.05, 3.63) is 12.2 Å². The zero-order valence-corrected chi connectivity index (χ0v) is 11.0. The van der Waals surface area contributed by atoms with Crippen molar-refractivity contribution in [1.82, 2.24) is 4.90 Å². The first-order valence-corrected chi connectivity index (χ1v) is 6.16. The van der Waals surface area contributed by atoms with Gasteiger partial charge in [0.1, 0.15) is 0 Å². The molecule has 0 aliphatic carbocycles. The van der Waals surface area contributed by atoms with Crippen molar-refractivity contribution < 1.29 is 19.4 Å². The third-order valence-corrected chi connectivity index (χ3v) is 3.00. The van der Waals surface area contributed by atoms with Gasteiger partial charge in [0.15, 0.2) is 0 Å². The maximum absolute atomic E-state index is 12.3. The monoisotopic (exact) mass is 255 g/mol. The summed E-state index contributed by atoms with van der Waals surface area (Å²) in [4.78, 5) is 24.7. The van der Waals surface area contributed by atoms with Gasteiger partial charge >= 0.3 is 5.97 Å². The first kappa shape index (κ1) is 14.7. The molecule has 102 valence electrons. The molecule has 0 spiro atoms. The van der Waals surface area contributed by atoms with Gasteiger partial charge in [-0.1, -0.05) is 12.5 Å². The predicted octanol–water partition coefficient (Wildman–Crippen LogP) is 1.29. The Balaban J connectivity index is 2.67. The lowest BCUT2D eigenvalue weighted by Gasteiger charge is -2.36. The van der Waals surface area contributed by atoms with E-state index < -0.39 is 5.97 Å². The number of carboxylic acid groups (broad SMARTS) is 1. The average Bonchev–Trinajstić information content (AvgIpc) is 2.27. The Morgan fingerprint density at radius 1 is 1.56 bits per heavy atom. The first-order valence-electron chi connectivity index (χ1n) is 6.16. The van der Waals surface area contributed by atoms with Crippen molar-refractivity contribution in [2.75, 3.05) is 19.8 Å². The Labute approximate surface area is 107 Å². The van der Waals surface area contributed by atoms with Crippen LogP contribution in [0.4, 0.5) is 0 Å². The zero-order valence-electron chi connectivity index (χ0n) is 11.0. The largest absolute Gasteiger partial charge is 0.481 e. The normalized spacial score (nSPS) is 21.4. The number of nitrogens with zero attached hydrogens (tertiary/aromatic N) is 1. The molecule has 0 radical (unpaired) electrons. The Hall–Kier alpha value is -1.36. The van der Waals surface area contributed by atoms with E-state index in [-0.39, 0.29) is 24.3 Å². The summed E-state index contributed by atoms with van der Waals surface area (Å²) in [7, 11) is 0. The number of hydrogen-bond acceptors (Lipinski definition) is 3. The van der Waals surface area contributed by atoms with Gasteiger partial charge in [0, 0.05) is 12.5 Å². The Bertz CT molecular complexity index is 340. The third-order valence-electron chi connectivity index (χ3n) is 3.00. The molecular formula is C13H21NO4. The van der Waals surface area contributed by atoms with Crippen LogP contribution in [-0.2, 0) is 14.3 Å². The number of amides is 1. The average molecular weight is 255 g/mol. The van der Waals surface area contributed by atoms with E-state index in [1.165, 1.54) is 0 Å². The van der Waals surface area contributed by atoms with E-state index in [1.807, 2.05) is 13.8 Å². The summed E-state index contributed by atoms with van der Waals surface area (Å²) < 4.78 is 5.25. The summed E-state index contributed by atoms with van der Waals surface area (Å²) in [5.41, 5.74) is 0.957. The molecule has 1 amide bonds. The summed E-state index contributed by atoms with van der Waals surface area (Å²) in [6.07, 6.45) is 0.571. The van der Waals surface area contributed by atoms with Gasteiger partial charge in [0.25, 0.3) is 0 Å². The number of carbonyl (C=O) groups is 2. The molecule has 5 heteroatoms. The molecule has 1 N–H and O–H groups in total. The number of carbonyl (C=O) groups excluding carboxylic acids is 1. The van der Waals surface area contributed by atoms with Crippen molar-refractivity contribution >= 4 is 11.9 Å². The highest BCUT2D eigenvalue weighted by Crippen LogP contribution is 2.18. The molecule has 5 nitrogen and oxygen atoms in total. The highest BCUT2D eigenvalue weighted by molar-refractivity contribution is 5.80. The minimum absolute atomic E-state index is 0.00690. The lowest BCUT2D eigenvalue weighted by Crippen LogP contribution is -2.51. The van der Waals surface area contributed by atoms with Crippen LogP contribution in [0.2, 0.25) is 0 Å². The number of morpholine rings is 1. The number of carboxylic acids is 1. The van der Waals surface area contributed by atoms with Crippen LogP contribution in [0.15, 0.2) is 12.2 Å². The fourth-order valence-electron chi connectivity index (χ4n) is 2.21. The summed E-state index contributed by atoms with van der Waals surface area (Å²) in [6.45, 7) is 8.79. The van der Waals surface area contributed by atoms with Gasteiger partial charge < -0.3 is 14.7 Å². The van der Waals surface area contributed by atoms with E-state index in [4.69, 9.17) is 9.84 Å². The van der Waals surface area contributed by atoms with Crippen LogP contribution in [0.5, 0.6) is 0 Å². The second-order valence-electron chi connectivity index (χ2n) is 4.92. The molecule has 0 aromatic carbocycles. The molecule has 1 fully saturated rings. The number of ether oxygens (including phenoxy) is 1. The van der Waals surface area contributed by atoms with E-state index in [9.17, 15) is 9.59 Å². The molecule has 1 aliphatic rings. The van der Waals surface area contributed by atoms with Crippen LogP contribution >= 0.6 is 0 Å². The summed E-state index contributed by atoms with van der Waals surface area (Å²) in [6, 6.07) is -0.351. The minimum atomic E-state index is -0.907. The van der Waals surface area contributed by atoms with Gasteiger partial charge in [-0.25, -0.2) is 0 Å². The molecular weight excluding hydrogens is 234 g/mol. The summed E-state index contributed by atoms with van der Waals surface area (Å²) >= 11 is 0. The highest BCUT2D eigenvalue weighted by Gasteiger charge is 2.31. The minimum Gasteiger partial charge on any atom is -0.481 e. The summed E-state index contributed by atoms with van der Waals surface area (Å²) in [5.74, 6) is -1.07. The van der Waals surface area contributed by atoms with E-state index in [0.717, 1.165) is 5.57 Å². The summed E-state index contributed by atoms with van der Waals surface area (Å²) in [5, 5.41) is 8.84. The van der Waals surface area contributed by atoms with Gasteiger partial charge in [-0.3, -0.25) is 9.59 Å². The zero-order chi connectivity index (χ0) is 13.7. The number of aliphatic carboxylic acids is 1. The molecule has 1 saturated heterocycles. The molecule has 2 atom stereocenters. The number of hydrogen-bond donors (Lipinski definition) is 1. The lowest BCUT2D eigenvalue weighted by atomic mass is 10.00. The Morgan fingerprint density at radius 3 is 2.78 bits per heavy atom. The molecule has 0 aromatic rings. The van der Waals surface area contributed by atoms with Crippen molar-refractivity contribution in [1.29, 1.82) is 0 Å². The molecule has 18 heavy (non-hydrogen) atoms. The molecule has 0 saturated carbocycles. The van der Waals surface area contributed by atoms with E-state index in [0.29, 0.717) is 26.2 Å². The highest BCUT2D eigenvalue weighted by atomic mass is 16.5. The third kappa shape index (κ3) is 4.14. The number of rotatable bonds is 5. The quantitative estimate of drug-likeness (QED) is 0.752. The maximum atomic E-state index is 12.3. The lowest BCUT2D eigenvalue weighted by molar-refractivity contribution is -0.148. The van der Waals surface area contributed by atoms with Crippen molar-refractivity contribution in [3.8, 4) is 0 Å². The van der Waals surface area contributed by atoms with Gasteiger partial charge in [-0.2, -0.15) is 0 Å². The fraction of sp³-hybridized carbons (Fsp3) is 0.692. The van der Waals surface area contributed by atoms with Gasteiger partial charge in [0.05, 0.1) is 25.7 Å². The van der Waals surface area contributed by atoms with Gasteiger partial charge in [-0.05, 0) is 13.3 Å². The van der Waals surface area contributed by atoms with E-state index in [1.54, 1.807) is 4.90 Å². The predicted molar refractivity (Wildman–Crippen MR) is 67.2 cm³/mol. The van der Waals surface area contributed by atoms with Crippen LogP contribution in [0.25, 0.3) is 0 Å². The molecule has 0 aromatic heterocycles. The fourth-order valence-corrected chi connectivity index (χ4v) is 2.21. The topological polar surface area (TPSA) is 66.8 Å². The smallest absolute Gasteiger partial charge is 0.305 e. The van der Waals surface area contributed by atoms with Crippen LogP contribution in [0, 0.1) is 5.92 Å². The maximum Gasteiger partial charge on any atom is 0.305 e. The van der Waals surface area contributed by atoms with Gasteiger partial charge in [0.2, 0.25) is 5.91 Å². The number of allylic oxidation sites excluding steroid dienone is 1. The van der Waals surface area contributed by atoms with Crippen LogP contribution in [0.3, 0.4) is 0 Å². The van der Waals surface area contributed by atoms with Crippen molar-refractivity contribution in [2.24, 2.45) is 5.92 Å². The van der Waals surface area contributed by atoms with Crippen LogP contribution in [-0.4, -0.2) is 47.7 Å². The Kier molecular flexibility index (Phi) is 5.34. The van der Waals surface area contributed by atoms with Crippen molar-refractivity contribution in [2.45, 2.75) is 32.7 Å². The van der Waals surface area contributed by atoms with Gasteiger partial charge in [-0.15, -0.1) is 6.58 Å². The first-order chi connectivity index (χ1) is 8.41. The molecule has 0 bridgehead atoms.